The zero-order valence-corrected chi connectivity index (χ0v) is 16.1. The lowest BCUT2D eigenvalue weighted by atomic mass is 9.83. The lowest BCUT2D eigenvalue weighted by Gasteiger charge is -2.25. The van der Waals surface area contributed by atoms with Gasteiger partial charge in [-0.15, -0.1) is 0 Å². The Bertz CT molecular complexity index is 477. The summed E-state index contributed by atoms with van der Waals surface area (Å²) in [5.74, 6) is 1.77. The second kappa shape index (κ2) is 12.4. The summed E-state index contributed by atoms with van der Waals surface area (Å²) < 4.78 is 0. The third-order valence-electron chi connectivity index (χ3n) is 3.93. The van der Waals surface area contributed by atoms with Gasteiger partial charge in [0.1, 0.15) is 6.61 Å². The number of carbonyl (C=O) groups is 1. The summed E-state index contributed by atoms with van der Waals surface area (Å²) >= 11 is 7.26. The minimum absolute atomic E-state index is 0.109. The third-order valence-corrected chi connectivity index (χ3v) is 5.20. The molecule has 2 atom stereocenters. The molecule has 2 unspecified atom stereocenters. The molecule has 136 valence electrons. The lowest BCUT2D eigenvalue weighted by molar-refractivity contribution is -0.117. The van der Waals surface area contributed by atoms with E-state index in [1.807, 2.05) is 11.8 Å². The molecule has 0 bridgehead atoms. The number of thioether (sulfide) groups is 1. The van der Waals surface area contributed by atoms with Crippen molar-refractivity contribution in [3.8, 4) is 0 Å². The minimum Gasteiger partial charge on any atom is -0.512 e. The van der Waals surface area contributed by atoms with Crippen molar-refractivity contribution in [2.45, 2.75) is 57.6 Å². The van der Waals surface area contributed by atoms with Crippen LogP contribution in [0.3, 0.4) is 0 Å². The fraction of sp³-hybridized carbons (Fsp3) is 0.667. The van der Waals surface area contributed by atoms with E-state index in [4.69, 9.17) is 16.4 Å². The van der Waals surface area contributed by atoms with Crippen molar-refractivity contribution in [1.82, 2.24) is 0 Å². The molecule has 0 fully saturated rings. The molecule has 0 aromatic rings. The molecular formula is C18H28ClNO3S. The molecule has 0 spiro atoms. The SMILES string of the molecule is CCSC(C)CC1CC(=O)C(CCC/C=N/OC/C=C/Cl)=C(O)C1. The fourth-order valence-electron chi connectivity index (χ4n) is 2.89. The number of nitrogens with zero attached hydrogens (tertiary/aromatic N) is 1. The zero-order chi connectivity index (χ0) is 17.8. The zero-order valence-electron chi connectivity index (χ0n) is 14.5. The predicted octanol–water partition coefficient (Wildman–Crippen LogP) is 5.23. The first-order valence-corrected chi connectivity index (χ1v) is 10.0. The largest absolute Gasteiger partial charge is 0.512 e. The van der Waals surface area contributed by atoms with Gasteiger partial charge in [0, 0.05) is 35.4 Å². The number of hydrogen-bond acceptors (Lipinski definition) is 5. The number of ketones is 1. The number of allylic oxidation sites excluding steroid dienone is 2. The fourth-order valence-corrected chi connectivity index (χ4v) is 3.94. The summed E-state index contributed by atoms with van der Waals surface area (Å²) in [6.45, 7) is 4.69. The predicted molar refractivity (Wildman–Crippen MR) is 103 cm³/mol. The van der Waals surface area contributed by atoms with Crippen LogP contribution in [0.5, 0.6) is 0 Å². The van der Waals surface area contributed by atoms with Gasteiger partial charge in [-0.2, -0.15) is 11.8 Å². The summed E-state index contributed by atoms with van der Waals surface area (Å²) in [7, 11) is 0. The topological polar surface area (TPSA) is 58.9 Å². The number of oxime groups is 1. The minimum atomic E-state index is 0.109. The van der Waals surface area contributed by atoms with E-state index in [-0.39, 0.29) is 11.7 Å². The van der Waals surface area contributed by atoms with E-state index in [1.54, 1.807) is 12.3 Å². The van der Waals surface area contributed by atoms with Crippen LogP contribution in [0.4, 0.5) is 0 Å². The van der Waals surface area contributed by atoms with Crippen molar-refractivity contribution >= 4 is 35.4 Å². The van der Waals surface area contributed by atoms with Gasteiger partial charge in [0.2, 0.25) is 0 Å². The van der Waals surface area contributed by atoms with Crippen molar-refractivity contribution in [2.24, 2.45) is 11.1 Å². The van der Waals surface area contributed by atoms with Crippen LogP contribution >= 0.6 is 23.4 Å². The monoisotopic (exact) mass is 373 g/mol. The summed E-state index contributed by atoms with van der Waals surface area (Å²) in [5.41, 5.74) is 2.00. The highest BCUT2D eigenvalue weighted by Gasteiger charge is 2.28. The molecule has 6 heteroatoms. The maximum Gasteiger partial charge on any atom is 0.162 e. The highest BCUT2D eigenvalue weighted by atomic mass is 35.5. The first kappa shape index (κ1) is 21.1. The number of halogens is 1. The van der Waals surface area contributed by atoms with Crippen LogP contribution < -0.4 is 0 Å². The van der Waals surface area contributed by atoms with Crippen LogP contribution in [0, 0.1) is 5.92 Å². The molecular weight excluding hydrogens is 346 g/mol. The number of Topliss-reactive ketones (excluding diaryl/α,β-unsaturated/α-hetero) is 1. The van der Waals surface area contributed by atoms with Crippen LogP contribution in [0.25, 0.3) is 0 Å². The number of carbonyl (C=O) groups excluding carboxylic acids is 1. The molecule has 1 aliphatic carbocycles. The van der Waals surface area contributed by atoms with Crippen LogP contribution in [-0.2, 0) is 9.63 Å². The highest BCUT2D eigenvalue weighted by Crippen LogP contribution is 2.33. The quantitative estimate of drug-likeness (QED) is 0.306. The molecule has 0 radical (unpaired) electrons. The first-order chi connectivity index (χ1) is 11.6. The normalized spacial score (nSPS) is 20.3. The molecule has 0 aromatic heterocycles. The summed E-state index contributed by atoms with van der Waals surface area (Å²) in [4.78, 5) is 17.2. The molecule has 0 aliphatic heterocycles. The lowest BCUT2D eigenvalue weighted by Crippen LogP contribution is -2.22. The molecule has 0 heterocycles. The molecule has 0 saturated carbocycles. The van der Waals surface area contributed by atoms with Crippen molar-refractivity contribution in [2.75, 3.05) is 12.4 Å². The van der Waals surface area contributed by atoms with E-state index >= 15 is 0 Å². The van der Waals surface area contributed by atoms with E-state index in [2.05, 4.69) is 19.0 Å². The molecule has 1 N–H and O–H groups in total. The average Bonchev–Trinajstić information content (AvgIpc) is 2.52. The maximum absolute atomic E-state index is 12.3. The standard InChI is InChI=1S/C18H28ClNO3S/c1-3-24-14(2)11-15-12-17(21)16(18(22)13-15)7-4-5-9-20-23-10-6-8-19/h6,8-9,14-15,21H,3-5,7,10-13H2,1-2H3/b8-6+,20-9+. The first-order valence-electron chi connectivity index (χ1n) is 8.53. The molecule has 0 aromatic carbocycles. The Labute approximate surface area is 154 Å². The number of hydrogen-bond donors (Lipinski definition) is 1. The number of unbranched alkanes of at least 4 members (excludes halogenated alkanes) is 1. The smallest absolute Gasteiger partial charge is 0.162 e. The summed E-state index contributed by atoms with van der Waals surface area (Å²) in [6.07, 6.45) is 7.61. The Kier molecular flexibility index (Phi) is 10.9. The van der Waals surface area contributed by atoms with Crippen LogP contribution in [0.2, 0.25) is 0 Å². The van der Waals surface area contributed by atoms with Gasteiger partial charge in [0.05, 0.1) is 5.76 Å². The number of aliphatic hydroxyl groups excluding tert-OH is 1. The molecule has 1 aliphatic rings. The molecule has 4 nitrogen and oxygen atoms in total. The third kappa shape index (κ3) is 8.25. The van der Waals surface area contributed by atoms with E-state index in [0.717, 1.165) is 18.6 Å². The van der Waals surface area contributed by atoms with Crippen molar-refractivity contribution < 1.29 is 14.7 Å². The maximum atomic E-state index is 12.3. The van der Waals surface area contributed by atoms with Gasteiger partial charge in [0.15, 0.2) is 5.78 Å². The van der Waals surface area contributed by atoms with E-state index in [9.17, 15) is 9.90 Å². The molecule has 0 saturated heterocycles. The Morgan fingerprint density at radius 1 is 1.50 bits per heavy atom. The van der Waals surface area contributed by atoms with E-state index < -0.39 is 0 Å². The van der Waals surface area contributed by atoms with Crippen molar-refractivity contribution in [3.05, 3.63) is 22.9 Å². The second-order valence-corrected chi connectivity index (χ2v) is 7.93. The van der Waals surface area contributed by atoms with Gasteiger partial charge < -0.3 is 9.94 Å². The highest BCUT2D eigenvalue weighted by molar-refractivity contribution is 7.99. The molecule has 1 rings (SSSR count). The van der Waals surface area contributed by atoms with E-state index in [0.29, 0.717) is 48.9 Å². The second-order valence-electron chi connectivity index (χ2n) is 5.96. The van der Waals surface area contributed by atoms with Crippen LogP contribution in [0.15, 0.2) is 28.1 Å². The Hall–Kier alpha value is -0.940. The van der Waals surface area contributed by atoms with Gasteiger partial charge >= 0.3 is 0 Å². The van der Waals surface area contributed by atoms with Crippen molar-refractivity contribution in [1.29, 1.82) is 0 Å². The van der Waals surface area contributed by atoms with Gasteiger partial charge in [-0.1, -0.05) is 30.6 Å². The van der Waals surface area contributed by atoms with Crippen molar-refractivity contribution in [3.63, 3.8) is 0 Å². The van der Waals surface area contributed by atoms with Crippen LogP contribution in [0.1, 0.15) is 52.4 Å². The van der Waals surface area contributed by atoms with Gasteiger partial charge in [-0.25, -0.2) is 0 Å². The number of aliphatic hydroxyl groups is 1. The Balaban J connectivity index is 2.36. The van der Waals surface area contributed by atoms with Gasteiger partial charge in [-0.3, -0.25) is 4.79 Å². The average molecular weight is 374 g/mol. The van der Waals surface area contributed by atoms with E-state index in [1.165, 1.54) is 5.54 Å². The van der Waals surface area contributed by atoms with Gasteiger partial charge in [0.25, 0.3) is 0 Å². The Morgan fingerprint density at radius 3 is 2.96 bits per heavy atom. The number of rotatable bonds is 11. The molecule has 0 amide bonds. The summed E-state index contributed by atoms with van der Waals surface area (Å²) in [6, 6.07) is 0. The van der Waals surface area contributed by atoms with Gasteiger partial charge in [-0.05, 0) is 43.4 Å². The summed E-state index contributed by atoms with van der Waals surface area (Å²) in [5, 5.41) is 14.6. The Morgan fingerprint density at radius 2 is 2.29 bits per heavy atom. The molecule has 24 heavy (non-hydrogen) atoms. The van der Waals surface area contributed by atoms with Crippen LogP contribution in [-0.4, -0.2) is 34.7 Å².